The van der Waals surface area contributed by atoms with Gasteiger partial charge in [0.2, 0.25) is 11.8 Å². The van der Waals surface area contributed by atoms with Crippen LogP contribution >= 0.6 is 0 Å². The monoisotopic (exact) mass is 249 g/mol. The molecule has 0 radical (unpaired) electrons. The van der Waals surface area contributed by atoms with Crippen molar-refractivity contribution in [1.82, 2.24) is 14.8 Å². The molecule has 0 unspecified atom stereocenters. The second-order valence-electron chi connectivity index (χ2n) is 3.63. The minimum absolute atomic E-state index is 0.0547. The lowest BCUT2D eigenvalue weighted by Gasteiger charge is -2.07. The summed E-state index contributed by atoms with van der Waals surface area (Å²) in [6.07, 6.45) is 3.55. The second-order valence-corrected chi connectivity index (χ2v) is 3.63. The van der Waals surface area contributed by atoms with Crippen LogP contribution in [0.15, 0.2) is 24.5 Å². The quantitative estimate of drug-likeness (QED) is 0.854. The van der Waals surface area contributed by atoms with Crippen molar-refractivity contribution in [3.8, 4) is 22.9 Å². The van der Waals surface area contributed by atoms with Crippen molar-refractivity contribution in [3.05, 3.63) is 24.5 Å². The largest absolute Gasteiger partial charge is 0.481 e. The summed E-state index contributed by atoms with van der Waals surface area (Å²) in [4.78, 5) is 4.21. The maximum Gasteiger partial charge on any atom is 0.224 e. The van der Waals surface area contributed by atoms with Crippen LogP contribution in [0.1, 0.15) is 0 Å². The lowest BCUT2D eigenvalue weighted by molar-refractivity contribution is 0.269. The summed E-state index contributed by atoms with van der Waals surface area (Å²) < 4.78 is 11.9. The number of pyridine rings is 1. The molecule has 0 amide bonds. The minimum atomic E-state index is 0.0547. The van der Waals surface area contributed by atoms with E-state index in [9.17, 15) is 0 Å². The molecule has 0 aliphatic heterocycles. The smallest absolute Gasteiger partial charge is 0.224 e. The van der Waals surface area contributed by atoms with Gasteiger partial charge in [0.25, 0.3) is 0 Å². The van der Waals surface area contributed by atoms with Crippen molar-refractivity contribution in [2.24, 2.45) is 0 Å². The van der Waals surface area contributed by atoms with Crippen LogP contribution in [0.25, 0.3) is 11.1 Å². The van der Waals surface area contributed by atoms with Gasteiger partial charge < -0.3 is 14.6 Å². The topological polar surface area (TPSA) is 69.4 Å². The van der Waals surface area contributed by atoms with Crippen molar-refractivity contribution < 1.29 is 14.6 Å². The zero-order valence-corrected chi connectivity index (χ0v) is 10.3. The number of aliphatic hydroxyl groups excluding tert-OH is 1. The molecule has 6 heteroatoms. The number of ether oxygens (including phenoxy) is 2. The van der Waals surface area contributed by atoms with Crippen molar-refractivity contribution in [2.75, 3.05) is 20.8 Å². The lowest BCUT2D eigenvalue weighted by Crippen LogP contribution is -2.01. The molecular formula is C12H15N3O3. The van der Waals surface area contributed by atoms with E-state index in [1.165, 1.54) is 0 Å². The van der Waals surface area contributed by atoms with Crippen LogP contribution in [0, 0.1) is 0 Å². The Morgan fingerprint density at radius 3 is 2.78 bits per heavy atom. The fraction of sp³-hybridized carbons (Fsp3) is 0.333. The number of hydrogen-bond donors (Lipinski definition) is 1. The SMILES string of the molecule is COc1ccc(-c2cnn(CCO)c2)c(OC)n1. The molecule has 0 bridgehead atoms. The molecule has 2 rings (SSSR count). The minimum Gasteiger partial charge on any atom is -0.481 e. The van der Waals surface area contributed by atoms with Crippen molar-refractivity contribution >= 4 is 0 Å². The molecule has 2 heterocycles. The van der Waals surface area contributed by atoms with Crippen LogP contribution in [0.5, 0.6) is 11.8 Å². The molecular weight excluding hydrogens is 234 g/mol. The van der Waals surface area contributed by atoms with Gasteiger partial charge in [0.15, 0.2) is 0 Å². The Hall–Kier alpha value is -2.08. The number of methoxy groups -OCH3 is 2. The van der Waals surface area contributed by atoms with Crippen molar-refractivity contribution in [1.29, 1.82) is 0 Å². The van der Waals surface area contributed by atoms with E-state index in [0.29, 0.717) is 18.3 Å². The fourth-order valence-electron chi connectivity index (χ4n) is 1.64. The van der Waals surface area contributed by atoms with Gasteiger partial charge in [-0.3, -0.25) is 4.68 Å². The van der Waals surface area contributed by atoms with Crippen LogP contribution < -0.4 is 9.47 Å². The van der Waals surface area contributed by atoms with Gasteiger partial charge in [0.1, 0.15) is 0 Å². The molecule has 0 aliphatic rings. The Morgan fingerprint density at radius 1 is 1.28 bits per heavy atom. The van der Waals surface area contributed by atoms with Crippen molar-refractivity contribution in [3.63, 3.8) is 0 Å². The van der Waals surface area contributed by atoms with Gasteiger partial charge in [-0.15, -0.1) is 0 Å². The maximum absolute atomic E-state index is 8.85. The number of aliphatic hydroxyl groups is 1. The molecule has 0 aliphatic carbocycles. The predicted molar refractivity (Wildman–Crippen MR) is 65.6 cm³/mol. The highest BCUT2D eigenvalue weighted by atomic mass is 16.5. The molecule has 1 N–H and O–H groups in total. The van der Waals surface area contributed by atoms with E-state index in [4.69, 9.17) is 14.6 Å². The van der Waals surface area contributed by atoms with Crippen LogP contribution in [-0.4, -0.2) is 40.7 Å². The highest BCUT2D eigenvalue weighted by Crippen LogP contribution is 2.29. The molecule has 0 saturated carbocycles. The third-order valence-corrected chi connectivity index (χ3v) is 2.51. The first-order valence-corrected chi connectivity index (χ1v) is 5.51. The molecule has 96 valence electrons. The highest BCUT2D eigenvalue weighted by molar-refractivity contribution is 5.67. The molecule has 2 aromatic rings. The van der Waals surface area contributed by atoms with Gasteiger partial charge in [-0.25, -0.2) is 0 Å². The molecule has 6 nitrogen and oxygen atoms in total. The molecule has 0 saturated heterocycles. The van der Waals surface area contributed by atoms with E-state index < -0.39 is 0 Å². The average Bonchev–Trinajstić information content (AvgIpc) is 2.87. The van der Waals surface area contributed by atoms with Crippen LogP contribution in [-0.2, 0) is 6.54 Å². The summed E-state index contributed by atoms with van der Waals surface area (Å²) in [6, 6.07) is 3.63. The van der Waals surface area contributed by atoms with Gasteiger partial charge in [0.05, 0.1) is 33.6 Å². The summed E-state index contributed by atoms with van der Waals surface area (Å²) in [5.41, 5.74) is 1.72. The van der Waals surface area contributed by atoms with E-state index in [-0.39, 0.29) is 6.61 Å². The lowest BCUT2D eigenvalue weighted by atomic mass is 10.1. The zero-order valence-electron chi connectivity index (χ0n) is 10.3. The normalized spacial score (nSPS) is 10.4. The van der Waals surface area contributed by atoms with E-state index in [1.54, 1.807) is 31.2 Å². The standard InChI is InChI=1S/C12H15N3O3/c1-17-11-4-3-10(12(14-11)18-2)9-7-13-15(8-9)5-6-16/h3-4,7-8,16H,5-6H2,1-2H3. The molecule has 0 atom stereocenters. The maximum atomic E-state index is 8.85. The summed E-state index contributed by atoms with van der Waals surface area (Å²) in [5.74, 6) is 0.983. The molecule has 18 heavy (non-hydrogen) atoms. The molecule has 0 fully saturated rings. The summed E-state index contributed by atoms with van der Waals surface area (Å²) in [7, 11) is 3.12. The Labute approximate surface area is 105 Å². The predicted octanol–water partition coefficient (Wildman–Crippen LogP) is 0.955. The third-order valence-electron chi connectivity index (χ3n) is 2.51. The first-order valence-electron chi connectivity index (χ1n) is 5.51. The number of nitrogens with zero attached hydrogens (tertiary/aromatic N) is 3. The Morgan fingerprint density at radius 2 is 2.11 bits per heavy atom. The molecule has 2 aromatic heterocycles. The Bertz CT molecular complexity index is 525. The molecule has 0 spiro atoms. The van der Waals surface area contributed by atoms with E-state index in [1.807, 2.05) is 12.3 Å². The highest BCUT2D eigenvalue weighted by Gasteiger charge is 2.10. The zero-order chi connectivity index (χ0) is 13.0. The van der Waals surface area contributed by atoms with Crippen molar-refractivity contribution in [2.45, 2.75) is 6.54 Å². The molecule has 0 aromatic carbocycles. The van der Waals surface area contributed by atoms with Gasteiger partial charge in [0, 0.05) is 23.4 Å². The van der Waals surface area contributed by atoms with E-state index >= 15 is 0 Å². The van der Waals surface area contributed by atoms with Crippen LogP contribution in [0.2, 0.25) is 0 Å². The first-order chi connectivity index (χ1) is 8.78. The fourth-order valence-corrected chi connectivity index (χ4v) is 1.64. The summed E-state index contributed by atoms with van der Waals surface area (Å²) >= 11 is 0. The van der Waals surface area contributed by atoms with E-state index in [2.05, 4.69) is 10.1 Å². The average molecular weight is 249 g/mol. The van der Waals surface area contributed by atoms with Gasteiger partial charge >= 0.3 is 0 Å². The third kappa shape index (κ3) is 2.43. The van der Waals surface area contributed by atoms with Crippen LogP contribution in [0.3, 0.4) is 0 Å². The Balaban J connectivity index is 2.36. The van der Waals surface area contributed by atoms with Crippen LogP contribution in [0.4, 0.5) is 0 Å². The van der Waals surface area contributed by atoms with Gasteiger partial charge in [-0.2, -0.15) is 10.1 Å². The van der Waals surface area contributed by atoms with Gasteiger partial charge in [-0.05, 0) is 6.07 Å². The second kappa shape index (κ2) is 5.50. The summed E-state index contributed by atoms with van der Waals surface area (Å²) in [5, 5.41) is 13.0. The van der Waals surface area contributed by atoms with E-state index in [0.717, 1.165) is 11.1 Å². The number of aromatic nitrogens is 3. The first kappa shape index (κ1) is 12.4. The summed E-state index contributed by atoms with van der Waals surface area (Å²) in [6.45, 7) is 0.519. The Kier molecular flexibility index (Phi) is 3.78. The number of hydrogen-bond acceptors (Lipinski definition) is 5. The van der Waals surface area contributed by atoms with Gasteiger partial charge in [-0.1, -0.05) is 0 Å². The number of rotatable bonds is 5.